The molecule has 3 rings (SSSR count). The van der Waals surface area contributed by atoms with E-state index < -0.39 is 18.0 Å². The zero-order chi connectivity index (χ0) is 21.0. The summed E-state index contributed by atoms with van der Waals surface area (Å²) in [6.45, 7) is 5.29. The van der Waals surface area contributed by atoms with Gasteiger partial charge in [0.2, 0.25) is 0 Å². The first-order valence-electron chi connectivity index (χ1n) is 9.30. The molecule has 2 N–H and O–H groups in total. The zero-order valence-electron chi connectivity index (χ0n) is 16.5. The van der Waals surface area contributed by atoms with E-state index in [-0.39, 0.29) is 18.5 Å². The lowest BCUT2D eigenvalue weighted by atomic mass is 9.95. The van der Waals surface area contributed by atoms with Crippen molar-refractivity contribution >= 4 is 12.0 Å². The summed E-state index contributed by atoms with van der Waals surface area (Å²) < 4.78 is 24.7. The normalized spacial score (nSPS) is 16.3. The van der Waals surface area contributed by atoms with E-state index in [0.717, 1.165) is 0 Å². The van der Waals surface area contributed by atoms with Crippen LogP contribution in [0.15, 0.2) is 59.8 Å². The predicted molar refractivity (Wildman–Crippen MR) is 106 cm³/mol. The Labute approximate surface area is 168 Å². The Kier molecular flexibility index (Phi) is 6.16. The summed E-state index contributed by atoms with van der Waals surface area (Å²) in [5.74, 6) is -0.269. The number of halogens is 1. The van der Waals surface area contributed by atoms with Crippen molar-refractivity contribution < 1.29 is 23.5 Å². The molecule has 7 heteroatoms. The smallest absolute Gasteiger partial charge is 0.338 e. The van der Waals surface area contributed by atoms with E-state index in [0.29, 0.717) is 28.1 Å². The summed E-state index contributed by atoms with van der Waals surface area (Å²) >= 11 is 0. The molecule has 0 bridgehead atoms. The lowest BCUT2D eigenvalue weighted by Crippen LogP contribution is -2.45. The highest BCUT2D eigenvalue weighted by Gasteiger charge is 2.32. The van der Waals surface area contributed by atoms with Crippen LogP contribution >= 0.6 is 0 Å². The van der Waals surface area contributed by atoms with Gasteiger partial charge in [-0.2, -0.15) is 0 Å². The molecular weight excluding hydrogens is 375 g/mol. The van der Waals surface area contributed by atoms with Gasteiger partial charge in [0, 0.05) is 11.3 Å². The van der Waals surface area contributed by atoms with Gasteiger partial charge >= 0.3 is 12.0 Å². The molecule has 1 unspecified atom stereocenters. The number of carbonyl (C=O) groups excluding carboxylic acids is 2. The molecule has 0 fully saturated rings. The van der Waals surface area contributed by atoms with Gasteiger partial charge in [-0.1, -0.05) is 30.3 Å². The molecule has 29 heavy (non-hydrogen) atoms. The highest BCUT2D eigenvalue weighted by atomic mass is 19.1. The first-order chi connectivity index (χ1) is 13.8. The molecule has 0 radical (unpaired) electrons. The van der Waals surface area contributed by atoms with Crippen molar-refractivity contribution in [1.82, 2.24) is 10.6 Å². The number of allylic oxidation sites excluding steroid dienone is 1. The minimum absolute atomic E-state index is 0.0983. The van der Waals surface area contributed by atoms with Crippen molar-refractivity contribution in [3.8, 4) is 5.75 Å². The quantitative estimate of drug-likeness (QED) is 0.722. The number of carbonyl (C=O) groups is 2. The average Bonchev–Trinajstić information content (AvgIpc) is 2.66. The van der Waals surface area contributed by atoms with Gasteiger partial charge in [0.15, 0.2) is 0 Å². The Balaban J connectivity index is 1.78. The number of benzene rings is 2. The maximum Gasteiger partial charge on any atom is 0.338 e. The molecule has 0 aliphatic carbocycles. The number of nitrogens with one attached hydrogen (secondary N) is 2. The topological polar surface area (TPSA) is 76.7 Å². The number of ether oxygens (including phenoxy) is 2. The van der Waals surface area contributed by atoms with Crippen LogP contribution in [0.25, 0.3) is 0 Å². The van der Waals surface area contributed by atoms with E-state index in [1.807, 2.05) is 0 Å². The van der Waals surface area contributed by atoms with Gasteiger partial charge in [-0.25, -0.2) is 14.0 Å². The molecule has 0 saturated carbocycles. The van der Waals surface area contributed by atoms with Crippen LogP contribution in [0.3, 0.4) is 0 Å². The monoisotopic (exact) mass is 398 g/mol. The van der Waals surface area contributed by atoms with Crippen molar-refractivity contribution in [3.05, 3.63) is 76.7 Å². The van der Waals surface area contributed by atoms with Crippen LogP contribution in [0.2, 0.25) is 0 Å². The van der Waals surface area contributed by atoms with Crippen LogP contribution in [-0.2, 0) is 16.1 Å². The molecule has 2 amide bonds. The van der Waals surface area contributed by atoms with Crippen molar-refractivity contribution in [2.24, 2.45) is 0 Å². The summed E-state index contributed by atoms with van der Waals surface area (Å²) in [6.07, 6.45) is -0.282. The van der Waals surface area contributed by atoms with E-state index in [9.17, 15) is 14.0 Å². The van der Waals surface area contributed by atoms with Gasteiger partial charge in [-0.15, -0.1) is 0 Å². The second-order valence-corrected chi connectivity index (χ2v) is 6.97. The predicted octanol–water partition coefficient (Wildman–Crippen LogP) is 3.98. The van der Waals surface area contributed by atoms with Crippen molar-refractivity contribution in [3.63, 3.8) is 0 Å². The lowest BCUT2D eigenvalue weighted by Gasteiger charge is -2.28. The number of rotatable bonds is 6. The van der Waals surface area contributed by atoms with Crippen LogP contribution in [0.1, 0.15) is 37.9 Å². The largest absolute Gasteiger partial charge is 0.489 e. The average molecular weight is 398 g/mol. The standard InChI is InChI=1S/C22H23FN2O4/c1-13(2)29-21(26)19-14(3)24-22(27)25-20(19)15-8-10-17(11-9-15)28-12-16-6-4-5-7-18(16)23/h4-11,13,20H,12H2,1-3H3,(H2,24,25,27). The molecule has 0 aromatic heterocycles. The Morgan fingerprint density at radius 1 is 1.14 bits per heavy atom. The third kappa shape index (κ3) is 4.93. The Morgan fingerprint density at radius 2 is 1.83 bits per heavy atom. The summed E-state index contributed by atoms with van der Waals surface area (Å²) in [6, 6.07) is 12.3. The zero-order valence-corrected chi connectivity index (χ0v) is 16.5. The number of urea groups is 1. The van der Waals surface area contributed by atoms with E-state index in [4.69, 9.17) is 9.47 Å². The van der Waals surface area contributed by atoms with Crippen molar-refractivity contribution in [2.45, 2.75) is 39.5 Å². The number of amides is 2. The van der Waals surface area contributed by atoms with Crippen LogP contribution in [0, 0.1) is 5.82 Å². The van der Waals surface area contributed by atoms with Gasteiger partial charge in [0.25, 0.3) is 0 Å². The van der Waals surface area contributed by atoms with E-state index in [1.165, 1.54) is 6.07 Å². The summed E-state index contributed by atoms with van der Waals surface area (Å²) in [7, 11) is 0. The Hall–Kier alpha value is -3.35. The molecule has 1 aliphatic rings. The maximum atomic E-state index is 13.7. The van der Waals surface area contributed by atoms with Crippen molar-refractivity contribution in [1.29, 1.82) is 0 Å². The highest BCUT2D eigenvalue weighted by molar-refractivity contribution is 5.95. The van der Waals surface area contributed by atoms with Gasteiger partial charge < -0.3 is 20.1 Å². The third-order valence-electron chi connectivity index (χ3n) is 4.40. The minimum atomic E-state index is -0.643. The lowest BCUT2D eigenvalue weighted by molar-refractivity contribution is -0.143. The highest BCUT2D eigenvalue weighted by Crippen LogP contribution is 2.29. The second kappa shape index (κ2) is 8.77. The van der Waals surface area contributed by atoms with Gasteiger partial charge in [-0.3, -0.25) is 0 Å². The molecule has 0 saturated heterocycles. The van der Waals surface area contributed by atoms with Gasteiger partial charge in [-0.05, 0) is 44.5 Å². The molecule has 2 aromatic carbocycles. The number of hydrogen-bond donors (Lipinski definition) is 2. The maximum absolute atomic E-state index is 13.7. The fourth-order valence-electron chi connectivity index (χ4n) is 3.03. The molecule has 2 aromatic rings. The fourth-order valence-corrected chi connectivity index (χ4v) is 3.03. The molecule has 6 nitrogen and oxygen atoms in total. The molecule has 1 heterocycles. The van der Waals surface area contributed by atoms with Crippen LogP contribution < -0.4 is 15.4 Å². The van der Waals surface area contributed by atoms with E-state index >= 15 is 0 Å². The van der Waals surface area contributed by atoms with Gasteiger partial charge in [0.1, 0.15) is 18.2 Å². The first kappa shape index (κ1) is 20.4. The molecule has 152 valence electrons. The number of hydrogen-bond acceptors (Lipinski definition) is 4. The van der Waals surface area contributed by atoms with Crippen molar-refractivity contribution in [2.75, 3.05) is 0 Å². The van der Waals surface area contributed by atoms with Crippen LogP contribution in [0.4, 0.5) is 9.18 Å². The van der Waals surface area contributed by atoms with Crippen LogP contribution in [0.5, 0.6) is 5.75 Å². The Morgan fingerprint density at radius 3 is 2.48 bits per heavy atom. The molecule has 0 spiro atoms. The van der Waals surface area contributed by atoms with Gasteiger partial charge in [0.05, 0.1) is 17.7 Å². The second-order valence-electron chi connectivity index (χ2n) is 6.97. The summed E-state index contributed by atoms with van der Waals surface area (Å²) in [5.41, 5.74) is 1.95. The molecule has 1 atom stereocenters. The third-order valence-corrected chi connectivity index (χ3v) is 4.40. The summed E-state index contributed by atoms with van der Waals surface area (Å²) in [5, 5.41) is 5.36. The SMILES string of the molecule is CC1=C(C(=O)OC(C)C)C(c2ccc(OCc3ccccc3F)cc2)NC(=O)N1. The summed E-state index contributed by atoms with van der Waals surface area (Å²) in [4.78, 5) is 24.5. The van der Waals surface area contributed by atoms with E-state index in [1.54, 1.807) is 63.2 Å². The minimum Gasteiger partial charge on any atom is -0.489 e. The fraction of sp³-hybridized carbons (Fsp3) is 0.273. The van der Waals surface area contributed by atoms with E-state index in [2.05, 4.69) is 10.6 Å². The van der Waals surface area contributed by atoms with Crippen LogP contribution in [-0.4, -0.2) is 18.1 Å². The number of esters is 1. The first-order valence-corrected chi connectivity index (χ1v) is 9.30. The Bertz CT molecular complexity index is 938. The molecular formula is C22H23FN2O4. The molecule has 1 aliphatic heterocycles.